The molecule has 4 aliphatic carbocycles. The lowest BCUT2D eigenvalue weighted by molar-refractivity contribution is -0.141. The van der Waals surface area contributed by atoms with Crippen LogP contribution in [0.25, 0.3) is 0 Å². The SMILES string of the molecule is O=C1CC2C3CCCC(=O)C3CCC2C2CCCC12. The van der Waals surface area contributed by atoms with Gasteiger partial charge >= 0.3 is 0 Å². The molecule has 0 saturated heterocycles. The van der Waals surface area contributed by atoms with E-state index in [0.717, 1.165) is 38.0 Å². The van der Waals surface area contributed by atoms with Crippen molar-refractivity contribution < 1.29 is 9.59 Å². The third-order valence-electron chi connectivity index (χ3n) is 6.77. The Bertz CT molecular complexity index is 413. The van der Waals surface area contributed by atoms with Crippen molar-refractivity contribution in [3.63, 3.8) is 0 Å². The van der Waals surface area contributed by atoms with E-state index >= 15 is 0 Å². The van der Waals surface area contributed by atoms with Gasteiger partial charge in [0, 0.05) is 24.7 Å². The summed E-state index contributed by atoms with van der Waals surface area (Å²) in [6.45, 7) is 0. The molecule has 0 aromatic carbocycles. The topological polar surface area (TPSA) is 34.1 Å². The number of ketones is 2. The van der Waals surface area contributed by atoms with Crippen molar-refractivity contribution in [2.45, 2.75) is 57.8 Å². The average molecular weight is 260 g/mol. The molecule has 0 aromatic rings. The fourth-order valence-electron chi connectivity index (χ4n) is 6.05. The van der Waals surface area contributed by atoms with Crippen LogP contribution >= 0.6 is 0 Å². The number of Topliss-reactive ketones (excluding diaryl/α,β-unsaturated/α-hetero) is 2. The summed E-state index contributed by atoms with van der Waals surface area (Å²) in [4.78, 5) is 24.5. The number of carbonyl (C=O) groups excluding carboxylic acids is 2. The molecule has 0 aromatic heterocycles. The Morgan fingerprint density at radius 1 is 0.632 bits per heavy atom. The molecule has 104 valence electrons. The molecule has 6 unspecified atom stereocenters. The average Bonchev–Trinajstić information content (AvgIpc) is 2.89. The van der Waals surface area contributed by atoms with Crippen LogP contribution in [-0.2, 0) is 9.59 Å². The van der Waals surface area contributed by atoms with Crippen molar-refractivity contribution in [3.8, 4) is 0 Å². The molecule has 2 heteroatoms. The molecule has 0 radical (unpaired) electrons. The first-order chi connectivity index (χ1) is 9.25. The van der Waals surface area contributed by atoms with Crippen LogP contribution in [0.5, 0.6) is 0 Å². The molecular formula is C17H24O2. The molecule has 4 aliphatic rings. The highest BCUT2D eigenvalue weighted by Crippen LogP contribution is 2.56. The number of fused-ring (bicyclic) bond motifs is 5. The van der Waals surface area contributed by atoms with E-state index in [0.29, 0.717) is 41.2 Å². The van der Waals surface area contributed by atoms with Crippen LogP contribution in [0, 0.1) is 35.5 Å². The van der Waals surface area contributed by atoms with E-state index in [1.165, 1.54) is 25.7 Å². The summed E-state index contributed by atoms with van der Waals surface area (Å²) in [6.07, 6.45) is 9.95. The van der Waals surface area contributed by atoms with Gasteiger partial charge in [-0.25, -0.2) is 0 Å². The quantitative estimate of drug-likeness (QED) is 0.669. The molecule has 0 amide bonds. The van der Waals surface area contributed by atoms with Crippen molar-refractivity contribution in [1.82, 2.24) is 0 Å². The zero-order chi connectivity index (χ0) is 13.0. The van der Waals surface area contributed by atoms with Gasteiger partial charge in [0.25, 0.3) is 0 Å². The predicted octanol–water partition coefficient (Wildman–Crippen LogP) is 3.39. The van der Waals surface area contributed by atoms with Crippen molar-refractivity contribution in [2.75, 3.05) is 0 Å². The molecule has 0 bridgehead atoms. The first-order valence-electron chi connectivity index (χ1n) is 8.31. The summed E-state index contributed by atoms with van der Waals surface area (Å²) < 4.78 is 0. The van der Waals surface area contributed by atoms with Crippen LogP contribution < -0.4 is 0 Å². The number of hydrogen-bond acceptors (Lipinski definition) is 2. The van der Waals surface area contributed by atoms with Crippen molar-refractivity contribution in [3.05, 3.63) is 0 Å². The van der Waals surface area contributed by atoms with E-state index in [1.54, 1.807) is 0 Å². The Morgan fingerprint density at radius 3 is 2.26 bits per heavy atom. The molecule has 0 spiro atoms. The Kier molecular flexibility index (Phi) is 2.82. The molecule has 0 N–H and O–H groups in total. The van der Waals surface area contributed by atoms with E-state index in [4.69, 9.17) is 0 Å². The molecule has 4 saturated carbocycles. The number of carbonyl (C=O) groups is 2. The third-order valence-corrected chi connectivity index (χ3v) is 6.77. The van der Waals surface area contributed by atoms with Crippen molar-refractivity contribution in [1.29, 1.82) is 0 Å². The third kappa shape index (κ3) is 1.75. The highest BCUT2D eigenvalue weighted by Gasteiger charge is 2.52. The maximum atomic E-state index is 12.4. The zero-order valence-corrected chi connectivity index (χ0v) is 11.6. The molecule has 19 heavy (non-hydrogen) atoms. The maximum absolute atomic E-state index is 12.4. The summed E-state index contributed by atoms with van der Waals surface area (Å²) in [7, 11) is 0. The first-order valence-corrected chi connectivity index (χ1v) is 8.31. The van der Waals surface area contributed by atoms with Crippen LogP contribution in [-0.4, -0.2) is 11.6 Å². The van der Waals surface area contributed by atoms with Crippen LogP contribution in [0.4, 0.5) is 0 Å². The first kappa shape index (κ1) is 12.1. The standard InChI is InChI=1S/C17H24O2/c18-16-6-2-4-11-14(16)8-7-12-10-3-1-5-13(10)17(19)9-15(11)12/h10-15H,1-9H2. The van der Waals surface area contributed by atoms with Gasteiger partial charge in [0.2, 0.25) is 0 Å². The zero-order valence-electron chi connectivity index (χ0n) is 11.6. The smallest absolute Gasteiger partial charge is 0.136 e. The molecule has 0 aliphatic heterocycles. The van der Waals surface area contributed by atoms with E-state index in [-0.39, 0.29) is 0 Å². The largest absolute Gasteiger partial charge is 0.299 e. The van der Waals surface area contributed by atoms with Crippen molar-refractivity contribution in [2.24, 2.45) is 35.5 Å². The van der Waals surface area contributed by atoms with Gasteiger partial charge in [0.05, 0.1) is 0 Å². The van der Waals surface area contributed by atoms with Crippen LogP contribution in [0.15, 0.2) is 0 Å². The van der Waals surface area contributed by atoms with Gasteiger partial charge in [-0.1, -0.05) is 6.42 Å². The van der Waals surface area contributed by atoms with E-state index in [1.807, 2.05) is 0 Å². The Morgan fingerprint density at radius 2 is 1.37 bits per heavy atom. The van der Waals surface area contributed by atoms with Gasteiger partial charge in [-0.2, -0.15) is 0 Å². The monoisotopic (exact) mass is 260 g/mol. The van der Waals surface area contributed by atoms with Gasteiger partial charge in [-0.05, 0) is 62.2 Å². The van der Waals surface area contributed by atoms with Crippen molar-refractivity contribution >= 4 is 11.6 Å². The van der Waals surface area contributed by atoms with Gasteiger partial charge in [0.15, 0.2) is 0 Å². The minimum absolute atomic E-state index is 0.320. The Hall–Kier alpha value is -0.660. The van der Waals surface area contributed by atoms with Gasteiger partial charge in [-0.3, -0.25) is 9.59 Å². The lowest BCUT2D eigenvalue weighted by Gasteiger charge is -2.50. The molecule has 4 fully saturated rings. The predicted molar refractivity (Wildman–Crippen MR) is 72.5 cm³/mol. The van der Waals surface area contributed by atoms with Crippen LogP contribution in [0.2, 0.25) is 0 Å². The Balaban J connectivity index is 1.63. The van der Waals surface area contributed by atoms with E-state index in [9.17, 15) is 9.59 Å². The maximum Gasteiger partial charge on any atom is 0.136 e. The minimum atomic E-state index is 0.320. The summed E-state index contributed by atoms with van der Waals surface area (Å²) in [5.41, 5.74) is 0. The summed E-state index contributed by atoms with van der Waals surface area (Å²) >= 11 is 0. The number of rotatable bonds is 0. The molecule has 6 atom stereocenters. The second-order valence-corrected chi connectivity index (χ2v) is 7.41. The fourth-order valence-corrected chi connectivity index (χ4v) is 6.05. The molecular weight excluding hydrogens is 236 g/mol. The van der Waals surface area contributed by atoms with Crippen LogP contribution in [0.3, 0.4) is 0 Å². The highest BCUT2D eigenvalue weighted by atomic mass is 16.1. The Labute approximate surface area is 115 Å². The van der Waals surface area contributed by atoms with E-state index in [2.05, 4.69) is 0 Å². The van der Waals surface area contributed by atoms with E-state index < -0.39 is 0 Å². The lowest BCUT2D eigenvalue weighted by Crippen LogP contribution is -2.48. The molecule has 2 nitrogen and oxygen atoms in total. The van der Waals surface area contributed by atoms with Gasteiger partial charge < -0.3 is 0 Å². The summed E-state index contributed by atoms with van der Waals surface area (Å²) in [6, 6.07) is 0. The molecule has 0 heterocycles. The van der Waals surface area contributed by atoms with Crippen LogP contribution in [0.1, 0.15) is 57.8 Å². The highest BCUT2D eigenvalue weighted by molar-refractivity contribution is 5.84. The second-order valence-electron chi connectivity index (χ2n) is 7.41. The summed E-state index contributed by atoms with van der Waals surface area (Å²) in [5, 5.41) is 0. The molecule has 4 rings (SSSR count). The lowest BCUT2D eigenvalue weighted by atomic mass is 9.53. The number of hydrogen-bond donors (Lipinski definition) is 0. The normalized spacial score (nSPS) is 49.5. The fraction of sp³-hybridized carbons (Fsp3) is 0.882. The summed E-state index contributed by atoms with van der Waals surface area (Å²) in [5.74, 6) is 4.36. The van der Waals surface area contributed by atoms with Gasteiger partial charge in [-0.15, -0.1) is 0 Å². The minimum Gasteiger partial charge on any atom is -0.299 e. The van der Waals surface area contributed by atoms with Gasteiger partial charge in [0.1, 0.15) is 11.6 Å². The second kappa shape index (κ2) is 4.43.